The average Bonchev–Trinajstić information content (AvgIpc) is 1.37. The van der Waals surface area contributed by atoms with Crippen molar-refractivity contribution in [1.82, 2.24) is 0 Å². The summed E-state index contributed by atoms with van der Waals surface area (Å²) in [5, 5.41) is 0. The molecule has 0 amide bonds. The molecule has 0 fully saturated rings. The normalized spacial score (nSPS) is 4.29. The fourth-order valence-electron chi connectivity index (χ4n) is 0. The predicted molar refractivity (Wildman–Crippen MR) is 20.3 cm³/mol. The van der Waals surface area contributed by atoms with Crippen LogP contribution in [0.25, 0.3) is 0 Å². The molecule has 4 N–H and O–H groups in total. The second-order valence-corrected chi connectivity index (χ2v) is 0.577. The van der Waals surface area contributed by atoms with Crippen molar-refractivity contribution in [2.75, 3.05) is 13.1 Å². The van der Waals surface area contributed by atoms with Crippen molar-refractivity contribution in [1.29, 1.82) is 0 Å². The van der Waals surface area contributed by atoms with Crippen LogP contribution in [0.5, 0.6) is 0 Å². The maximum atomic E-state index is 4.90. The molecule has 0 aromatic heterocycles. The SMILES string of the molecule is NCCN.[Cu].[H-].[H-].[Na+].[Na+]. The quantitative estimate of drug-likeness (QED) is 0.386. The smallest absolute Gasteiger partial charge is 1.00 e. The third kappa shape index (κ3) is 29.6. The first kappa shape index (κ1) is 22.7. The van der Waals surface area contributed by atoms with E-state index in [4.69, 9.17) is 11.5 Å². The number of nitrogens with two attached hydrogens (primary N) is 2. The third-order valence-electron chi connectivity index (χ3n) is 0.167. The van der Waals surface area contributed by atoms with E-state index in [9.17, 15) is 0 Å². The minimum Gasteiger partial charge on any atom is -1.00 e. The van der Waals surface area contributed by atoms with Crippen molar-refractivity contribution in [2.45, 2.75) is 0 Å². The molecule has 0 spiro atoms. The molecule has 41 valence electrons. The minimum absolute atomic E-state index is 0. The maximum Gasteiger partial charge on any atom is 1.00 e. The fourth-order valence-corrected chi connectivity index (χ4v) is 0. The first-order valence-corrected chi connectivity index (χ1v) is 1.32. The van der Waals surface area contributed by atoms with Gasteiger partial charge in [-0.2, -0.15) is 0 Å². The molecule has 0 unspecified atom stereocenters. The van der Waals surface area contributed by atoms with E-state index >= 15 is 0 Å². The van der Waals surface area contributed by atoms with Crippen molar-refractivity contribution >= 4 is 0 Å². The van der Waals surface area contributed by atoms with Crippen LogP contribution in [0.15, 0.2) is 0 Å². The van der Waals surface area contributed by atoms with E-state index in [1.807, 2.05) is 0 Å². The molecule has 0 aromatic carbocycles. The van der Waals surface area contributed by atoms with Gasteiger partial charge in [-0.15, -0.1) is 0 Å². The summed E-state index contributed by atoms with van der Waals surface area (Å²) >= 11 is 0. The zero-order chi connectivity index (χ0) is 3.41. The van der Waals surface area contributed by atoms with Crippen molar-refractivity contribution in [3.63, 3.8) is 0 Å². The Balaban J connectivity index is -0.00000000450. The third-order valence-corrected chi connectivity index (χ3v) is 0.167. The largest absolute Gasteiger partial charge is 1.00 e. The Morgan fingerprint density at radius 3 is 1.14 bits per heavy atom. The van der Waals surface area contributed by atoms with Gasteiger partial charge in [0.05, 0.1) is 0 Å². The molecule has 0 aromatic rings. The van der Waals surface area contributed by atoms with E-state index in [0.717, 1.165) is 0 Å². The van der Waals surface area contributed by atoms with Crippen LogP contribution in [0.4, 0.5) is 0 Å². The summed E-state index contributed by atoms with van der Waals surface area (Å²) in [5.74, 6) is 0. The first-order valence-electron chi connectivity index (χ1n) is 1.32. The van der Waals surface area contributed by atoms with E-state index in [1.54, 1.807) is 0 Å². The van der Waals surface area contributed by atoms with Crippen LogP contribution in [0.2, 0.25) is 0 Å². The summed E-state index contributed by atoms with van der Waals surface area (Å²) in [4.78, 5) is 0. The van der Waals surface area contributed by atoms with Crippen LogP contribution in [0.1, 0.15) is 2.85 Å². The molecule has 0 rings (SSSR count). The van der Waals surface area contributed by atoms with Gasteiger partial charge in [-0.1, -0.05) is 0 Å². The Bertz CT molecular complexity index is 22.5. The number of hydrogen-bond donors (Lipinski definition) is 2. The van der Waals surface area contributed by atoms with Crippen molar-refractivity contribution in [3.8, 4) is 0 Å². The van der Waals surface area contributed by atoms with Gasteiger partial charge in [0, 0.05) is 30.2 Å². The van der Waals surface area contributed by atoms with Crippen molar-refractivity contribution in [3.05, 3.63) is 0 Å². The van der Waals surface area contributed by atoms with Crippen LogP contribution in [0, 0.1) is 0 Å². The van der Waals surface area contributed by atoms with E-state index in [-0.39, 0.29) is 79.0 Å². The molecule has 0 saturated heterocycles. The summed E-state index contributed by atoms with van der Waals surface area (Å²) in [6.45, 7) is 1.19. The standard InChI is InChI=1S/C2H8N2.Cu.2Na.2H/c3-1-2-4;;;;;/h1-4H2;;;;;/q;;2*+1;2*-1. The molecule has 7 heavy (non-hydrogen) atoms. The Morgan fingerprint density at radius 2 is 1.14 bits per heavy atom. The fraction of sp³-hybridized carbons (Fsp3) is 1.00. The van der Waals surface area contributed by atoms with Gasteiger partial charge >= 0.3 is 59.1 Å². The molecule has 0 aliphatic carbocycles. The molecular formula is C2H10CuN2Na2. The predicted octanol–water partition coefficient (Wildman–Crippen LogP) is -6.87. The molecule has 0 heterocycles. The second kappa shape index (κ2) is 23.7. The van der Waals surface area contributed by atoms with Crippen molar-refractivity contribution in [2.24, 2.45) is 11.5 Å². The summed E-state index contributed by atoms with van der Waals surface area (Å²) in [6.07, 6.45) is 0. The van der Waals surface area contributed by atoms with Gasteiger partial charge in [0.15, 0.2) is 0 Å². The van der Waals surface area contributed by atoms with Gasteiger partial charge in [-0.05, 0) is 0 Å². The van der Waals surface area contributed by atoms with E-state index in [2.05, 4.69) is 0 Å². The van der Waals surface area contributed by atoms with Gasteiger partial charge in [0.25, 0.3) is 0 Å². The molecular weight excluding hydrogens is 162 g/mol. The van der Waals surface area contributed by atoms with Crippen LogP contribution >= 0.6 is 0 Å². The zero-order valence-corrected chi connectivity index (χ0v) is 9.81. The Labute approximate surface area is 102 Å². The topological polar surface area (TPSA) is 52.0 Å². The van der Waals surface area contributed by atoms with Gasteiger partial charge in [-0.3, -0.25) is 0 Å². The van der Waals surface area contributed by atoms with Crippen molar-refractivity contribution < 1.29 is 79.0 Å². The van der Waals surface area contributed by atoms with E-state index < -0.39 is 0 Å². The Morgan fingerprint density at radius 1 is 1.00 bits per heavy atom. The zero-order valence-electron chi connectivity index (χ0n) is 6.87. The van der Waals surface area contributed by atoms with Gasteiger partial charge < -0.3 is 14.3 Å². The van der Waals surface area contributed by atoms with Crippen LogP contribution < -0.4 is 70.6 Å². The Kier molecular flexibility index (Phi) is 76.9. The molecule has 5 heteroatoms. The van der Waals surface area contributed by atoms with Gasteiger partial charge in [-0.25, -0.2) is 0 Å². The summed E-state index contributed by atoms with van der Waals surface area (Å²) in [6, 6.07) is 0. The second-order valence-electron chi connectivity index (χ2n) is 0.577. The first-order chi connectivity index (χ1) is 1.91. The van der Waals surface area contributed by atoms with Gasteiger partial charge in [0.2, 0.25) is 0 Å². The van der Waals surface area contributed by atoms with Crippen LogP contribution in [-0.2, 0) is 17.1 Å². The molecule has 0 saturated carbocycles. The van der Waals surface area contributed by atoms with E-state index in [1.165, 1.54) is 0 Å². The van der Waals surface area contributed by atoms with Crippen LogP contribution in [0.3, 0.4) is 0 Å². The molecule has 0 aliphatic rings. The molecule has 0 atom stereocenters. The summed E-state index contributed by atoms with van der Waals surface area (Å²) in [7, 11) is 0. The average molecular weight is 172 g/mol. The molecule has 1 radical (unpaired) electrons. The molecule has 0 aliphatic heterocycles. The molecule has 0 bridgehead atoms. The van der Waals surface area contributed by atoms with E-state index in [0.29, 0.717) is 13.1 Å². The van der Waals surface area contributed by atoms with Gasteiger partial charge in [0.1, 0.15) is 0 Å². The minimum atomic E-state index is 0. The number of rotatable bonds is 1. The number of hydrogen-bond acceptors (Lipinski definition) is 2. The van der Waals surface area contributed by atoms with Crippen LogP contribution in [-0.4, -0.2) is 13.1 Å². The summed E-state index contributed by atoms with van der Waals surface area (Å²) < 4.78 is 0. The Hall–Kier alpha value is 2.44. The maximum absolute atomic E-state index is 4.90. The summed E-state index contributed by atoms with van der Waals surface area (Å²) in [5.41, 5.74) is 9.81. The monoisotopic (exact) mass is 171 g/mol. The molecule has 2 nitrogen and oxygen atoms in total.